The molecule has 0 radical (unpaired) electrons. The fraction of sp³-hybridized carbons (Fsp3) is 0.417. The molecule has 0 bridgehead atoms. The van der Waals surface area contributed by atoms with E-state index in [9.17, 15) is 4.79 Å². The first-order valence-electron chi connectivity index (χ1n) is 5.50. The van der Waals surface area contributed by atoms with E-state index >= 15 is 0 Å². The Kier molecular flexibility index (Phi) is 2.73. The smallest absolute Gasteiger partial charge is 0.230 e. The minimum Gasteiger partial charge on any atom is -0.437 e. The predicted molar refractivity (Wildman–Crippen MR) is 60.8 cm³/mol. The van der Waals surface area contributed by atoms with Gasteiger partial charge in [0.1, 0.15) is 0 Å². The average Bonchev–Trinajstić information content (AvgIpc) is 2.53. The van der Waals surface area contributed by atoms with E-state index in [4.69, 9.17) is 4.74 Å². The van der Waals surface area contributed by atoms with E-state index in [0.29, 0.717) is 23.8 Å². The molecule has 1 amide bonds. The molecule has 4 heteroatoms. The zero-order valence-electron chi connectivity index (χ0n) is 9.51. The van der Waals surface area contributed by atoms with Gasteiger partial charge in [-0.2, -0.15) is 0 Å². The Labute approximate surface area is 95.3 Å². The Balaban J connectivity index is 2.23. The number of carbonyl (C=O) groups excluding carboxylic acids is 1. The molecule has 0 saturated heterocycles. The molecule has 0 fully saturated rings. The molecule has 0 unspecified atom stereocenters. The van der Waals surface area contributed by atoms with E-state index in [0.717, 1.165) is 25.1 Å². The second kappa shape index (κ2) is 4.04. The lowest BCUT2D eigenvalue weighted by atomic mass is 10.1. The first-order valence-corrected chi connectivity index (χ1v) is 5.50. The van der Waals surface area contributed by atoms with Gasteiger partial charge in [-0.25, -0.2) is 0 Å². The van der Waals surface area contributed by atoms with Crippen LogP contribution in [0.1, 0.15) is 26.2 Å². The molecule has 16 heavy (non-hydrogen) atoms. The van der Waals surface area contributed by atoms with E-state index in [-0.39, 0.29) is 5.91 Å². The van der Waals surface area contributed by atoms with Gasteiger partial charge in [-0.05, 0) is 13.0 Å². The van der Waals surface area contributed by atoms with Crippen molar-refractivity contribution in [3.63, 3.8) is 0 Å². The van der Waals surface area contributed by atoms with Gasteiger partial charge in [-0.15, -0.1) is 0 Å². The molecule has 2 heterocycles. The summed E-state index contributed by atoms with van der Waals surface area (Å²) in [5.74, 6) is 1.22. The van der Waals surface area contributed by atoms with Crippen LogP contribution in [0.15, 0.2) is 36.2 Å². The van der Waals surface area contributed by atoms with Gasteiger partial charge in [-0.1, -0.05) is 19.9 Å². The van der Waals surface area contributed by atoms with Gasteiger partial charge in [0, 0.05) is 6.54 Å². The number of nitrogens with zero attached hydrogens (tertiary/aromatic N) is 1. The maximum Gasteiger partial charge on any atom is 0.230 e. The maximum atomic E-state index is 11.4. The maximum absolute atomic E-state index is 11.4. The van der Waals surface area contributed by atoms with E-state index in [1.165, 1.54) is 0 Å². The minimum atomic E-state index is -0.0384. The summed E-state index contributed by atoms with van der Waals surface area (Å²) >= 11 is 0. The van der Waals surface area contributed by atoms with Crippen molar-refractivity contribution < 1.29 is 9.53 Å². The van der Waals surface area contributed by atoms with Crippen molar-refractivity contribution in [1.29, 1.82) is 0 Å². The summed E-state index contributed by atoms with van der Waals surface area (Å²) in [6.45, 7) is 10.6. The molecule has 0 aliphatic carbocycles. The fourth-order valence-corrected chi connectivity index (χ4v) is 1.91. The SMILES string of the molecule is C=C1NC(=O)CC2=C1OC(=C)N2CCCC. The first kappa shape index (κ1) is 10.8. The highest BCUT2D eigenvalue weighted by Gasteiger charge is 2.34. The van der Waals surface area contributed by atoms with Crippen molar-refractivity contribution in [3.05, 3.63) is 36.2 Å². The van der Waals surface area contributed by atoms with Crippen LogP contribution in [0.5, 0.6) is 0 Å². The van der Waals surface area contributed by atoms with Crippen LogP contribution in [0.4, 0.5) is 0 Å². The summed E-state index contributed by atoms with van der Waals surface area (Å²) in [7, 11) is 0. The van der Waals surface area contributed by atoms with Gasteiger partial charge in [-0.3, -0.25) is 4.79 Å². The van der Waals surface area contributed by atoms with E-state index in [2.05, 4.69) is 25.4 Å². The Bertz CT molecular complexity index is 396. The third-order valence-corrected chi connectivity index (χ3v) is 2.74. The molecule has 2 aliphatic rings. The number of amides is 1. The summed E-state index contributed by atoms with van der Waals surface area (Å²) in [5, 5.41) is 2.66. The normalized spacial score (nSPS) is 19.8. The van der Waals surface area contributed by atoms with Gasteiger partial charge in [0.25, 0.3) is 0 Å². The molecular formula is C12H16N2O2. The highest BCUT2D eigenvalue weighted by Crippen LogP contribution is 2.35. The Morgan fingerprint density at radius 3 is 2.94 bits per heavy atom. The fourth-order valence-electron chi connectivity index (χ4n) is 1.91. The van der Waals surface area contributed by atoms with Crippen LogP contribution in [0.25, 0.3) is 0 Å². The molecule has 2 rings (SSSR count). The van der Waals surface area contributed by atoms with Gasteiger partial charge in [0.05, 0.1) is 17.8 Å². The van der Waals surface area contributed by atoms with Crippen molar-refractivity contribution in [2.45, 2.75) is 26.2 Å². The third kappa shape index (κ3) is 1.71. The van der Waals surface area contributed by atoms with Gasteiger partial charge in [0.15, 0.2) is 11.6 Å². The molecule has 0 atom stereocenters. The van der Waals surface area contributed by atoms with E-state index in [1.54, 1.807) is 0 Å². The second-order valence-corrected chi connectivity index (χ2v) is 3.98. The van der Waals surface area contributed by atoms with Crippen LogP contribution in [0.3, 0.4) is 0 Å². The predicted octanol–water partition coefficient (Wildman–Crippen LogP) is 1.84. The van der Waals surface area contributed by atoms with Crippen LogP contribution in [-0.2, 0) is 9.53 Å². The summed E-state index contributed by atoms with van der Waals surface area (Å²) in [6.07, 6.45) is 2.49. The molecule has 0 aromatic rings. The van der Waals surface area contributed by atoms with Crippen molar-refractivity contribution in [1.82, 2.24) is 10.2 Å². The summed E-state index contributed by atoms with van der Waals surface area (Å²) in [5.41, 5.74) is 1.43. The monoisotopic (exact) mass is 220 g/mol. The largest absolute Gasteiger partial charge is 0.437 e. The average molecular weight is 220 g/mol. The third-order valence-electron chi connectivity index (χ3n) is 2.74. The zero-order chi connectivity index (χ0) is 11.7. The van der Waals surface area contributed by atoms with Crippen LogP contribution < -0.4 is 5.32 Å². The number of hydrogen-bond acceptors (Lipinski definition) is 3. The van der Waals surface area contributed by atoms with Crippen LogP contribution in [0.2, 0.25) is 0 Å². The van der Waals surface area contributed by atoms with Crippen molar-refractivity contribution in [2.75, 3.05) is 6.54 Å². The topological polar surface area (TPSA) is 41.6 Å². The highest BCUT2D eigenvalue weighted by atomic mass is 16.5. The Hall–Kier alpha value is -1.71. The summed E-state index contributed by atoms with van der Waals surface area (Å²) in [6, 6.07) is 0. The zero-order valence-corrected chi connectivity index (χ0v) is 9.51. The number of ether oxygens (including phenoxy) is 1. The van der Waals surface area contributed by atoms with Crippen molar-refractivity contribution in [2.24, 2.45) is 0 Å². The number of carbonyl (C=O) groups is 1. The molecular weight excluding hydrogens is 204 g/mol. The van der Waals surface area contributed by atoms with Gasteiger partial charge in [0.2, 0.25) is 5.91 Å². The molecule has 1 N–H and O–H groups in total. The molecule has 2 aliphatic heterocycles. The standard InChI is InChI=1S/C12H16N2O2/c1-4-5-6-14-9(3)16-12-8(2)13-11(15)7-10(12)14/h2-7H2,1H3,(H,13,15). The van der Waals surface area contributed by atoms with E-state index in [1.807, 2.05) is 4.90 Å². The minimum absolute atomic E-state index is 0.0384. The molecule has 4 nitrogen and oxygen atoms in total. The number of rotatable bonds is 3. The van der Waals surface area contributed by atoms with Crippen LogP contribution in [-0.4, -0.2) is 17.4 Å². The number of nitrogens with one attached hydrogen (secondary N) is 1. The lowest BCUT2D eigenvalue weighted by Gasteiger charge is -2.21. The number of hydrogen-bond donors (Lipinski definition) is 1. The second-order valence-electron chi connectivity index (χ2n) is 3.98. The van der Waals surface area contributed by atoms with Gasteiger partial charge < -0.3 is 15.0 Å². The first-order chi connectivity index (χ1) is 7.63. The highest BCUT2D eigenvalue weighted by molar-refractivity contribution is 5.83. The summed E-state index contributed by atoms with van der Waals surface area (Å²) in [4.78, 5) is 13.4. The molecule has 86 valence electrons. The molecule has 0 aromatic carbocycles. The van der Waals surface area contributed by atoms with E-state index < -0.39 is 0 Å². The van der Waals surface area contributed by atoms with Crippen molar-refractivity contribution >= 4 is 5.91 Å². The number of unbranched alkanes of at least 4 members (excludes halogenated alkanes) is 1. The quantitative estimate of drug-likeness (QED) is 0.789. The lowest BCUT2D eigenvalue weighted by molar-refractivity contribution is -0.120. The van der Waals surface area contributed by atoms with Gasteiger partial charge >= 0.3 is 0 Å². The van der Waals surface area contributed by atoms with Crippen LogP contribution in [0, 0.1) is 0 Å². The Morgan fingerprint density at radius 2 is 2.25 bits per heavy atom. The van der Waals surface area contributed by atoms with Crippen LogP contribution >= 0.6 is 0 Å². The molecule has 0 saturated carbocycles. The van der Waals surface area contributed by atoms with Crippen molar-refractivity contribution in [3.8, 4) is 0 Å². The Morgan fingerprint density at radius 1 is 1.50 bits per heavy atom. The summed E-state index contributed by atoms with van der Waals surface area (Å²) < 4.78 is 5.53. The molecule has 0 spiro atoms. The lowest BCUT2D eigenvalue weighted by Crippen LogP contribution is -2.31. The molecule has 0 aromatic heterocycles.